The largest absolute Gasteiger partial charge is 0.399 e. The van der Waals surface area contributed by atoms with Gasteiger partial charge in [0.05, 0.1) is 0 Å². The predicted molar refractivity (Wildman–Crippen MR) is 82.6 cm³/mol. The van der Waals surface area contributed by atoms with Gasteiger partial charge in [-0.3, -0.25) is 4.79 Å². The molecule has 0 aromatic heterocycles. The van der Waals surface area contributed by atoms with Gasteiger partial charge in [0.2, 0.25) is 0 Å². The number of carbonyl (C=O) groups excluding carboxylic acids is 1. The molecule has 0 atom stereocenters. The monoisotopic (exact) mass is 266 g/mol. The van der Waals surface area contributed by atoms with E-state index < -0.39 is 0 Å². The molecule has 0 radical (unpaired) electrons. The molecule has 3 heteroatoms. The molecule has 0 spiro atoms. The molecular weight excluding hydrogens is 248 g/mol. The summed E-state index contributed by atoms with van der Waals surface area (Å²) in [6.45, 7) is 4.09. The number of ketones is 1. The fraction of sp³-hybridized carbons (Fsp3) is 0.235. The lowest BCUT2D eigenvalue weighted by atomic mass is 9.89. The fourth-order valence-corrected chi connectivity index (χ4v) is 3.26. The van der Waals surface area contributed by atoms with Gasteiger partial charge in [0, 0.05) is 24.2 Å². The van der Waals surface area contributed by atoms with Crippen molar-refractivity contribution in [2.24, 2.45) is 0 Å². The molecular formula is C17H18N2O. The van der Waals surface area contributed by atoms with Crippen LogP contribution < -0.4 is 11.5 Å². The lowest BCUT2D eigenvalue weighted by molar-refractivity contribution is -0.117. The molecule has 0 heterocycles. The van der Waals surface area contributed by atoms with Gasteiger partial charge in [-0.05, 0) is 71.5 Å². The summed E-state index contributed by atoms with van der Waals surface area (Å²) in [5.74, 6) is 0.208. The maximum atomic E-state index is 12.2. The molecule has 1 aliphatic carbocycles. The Morgan fingerprint density at radius 2 is 1.20 bits per heavy atom. The molecule has 1 aliphatic rings. The van der Waals surface area contributed by atoms with Gasteiger partial charge in [0.1, 0.15) is 5.78 Å². The molecule has 3 nitrogen and oxygen atoms in total. The van der Waals surface area contributed by atoms with Gasteiger partial charge in [0.25, 0.3) is 0 Å². The highest BCUT2D eigenvalue weighted by Gasteiger charge is 2.22. The molecule has 20 heavy (non-hydrogen) atoms. The fourth-order valence-electron chi connectivity index (χ4n) is 3.26. The first-order chi connectivity index (χ1) is 9.45. The number of carbonyl (C=O) groups is 1. The van der Waals surface area contributed by atoms with Crippen LogP contribution in [0.1, 0.15) is 22.3 Å². The zero-order valence-electron chi connectivity index (χ0n) is 11.8. The molecule has 0 bridgehead atoms. The van der Waals surface area contributed by atoms with Crippen molar-refractivity contribution in [1.82, 2.24) is 0 Å². The molecule has 3 rings (SSSR count). The summed E-state index contributed by atoms with van der Waals surface area (Å²) >= 11 is 0. The van der Waals surface area contributed by atoms with Gasteiger partial charge in [-0.15, -0.1) is 0 Å². The molecule has 4 N–H and O–H groups in total. The van der Waals surface area contributed by atoms with E-state index in [2.05, 4.69) is 0 Å². The highest BCUT2D eigenvalue weighted by Crippen LogP contribution is 2.38. The number of fused-ring (bicyclic) bond motifs is 3. The minimum absolute atomic E-state index is 0.208. The highest BCUT2D eigenvalue weighted by molar-refractivity contribution is 5.93. The van der Waals surface area contributed by atoms with Crippen molar-refractivity contribution < 1.29 is 4.79 Å². The maximum absolute atomic E-state index is 12.2. The van der Waals surface area contributed by atoms with Gasteiger partial charge in [-0.1, -0.05) is 0 Å². The van der Waals surface area contributed by atoms with E-state index in [1.807, 2.05) is 38.1 Å². The van der Waals surface area contributed by atoms with E-state index in [-0.39, 0.29) is 5.78 Å². The number of hydrogen-bond acceptors (Lipinski definition) is 3. The Morgan fingerprint density at radius 1 is 0.800 bits per heavy atom. The van der Waals surface area contributed by atoms with E-state index in [0.717, 1.165) is 33.4 Å². The van der Waals surface area contributed by atoms with Crippen LogP contribution in [0.15, 0.2) is 24.3 Å². The van der Waals surface area contributed by atoms with E-state index in [1.54, 1.807) is 0 Å². The summed E-state index contributed by atoms with van der Waals surface area (Å²) in [6.07, 6.45) is 0.879. The second-order valence-electron chi connectivity index (χ2n) is 5.64. The summed E-state index contributed by atoms with van der Waals surface area (Å²) in [5, 5.41) is 0. The number of hydrogen-bond donors (Lipinski definition) is 2. The number of Topliss-reactive ketones (excluding diaryl/α,β-unsaturated/α-hetero) is 1. The van der Waals surface area contributed by atoms with E-state index in [4.69, 9.17) is 11.5 Å². The quantitative estimate of drug-likeness (QED) is 0.720. The standard InChI is InChI=1S/C17H18N2O/c1-9-3-13(18)5-11-7-15(20)8-12-6-14(19)4-10(2)17(12)16(9)11/h3-6H,7-8,18-19H2,1-2H3. The van der Waals surface area contributed by atoms with Crippen molar-refractivity contribution in [2.45, 2.75) is 26.7 Å². The number of aryl methyl sites for hydroxylation is 2. The average Bonchev–Trinajstić information content (AvgIpc) is 2.43. The summed E-state index contributed by atoms with van der Waals surface area (Å²) < 4.78 is 0. The van der Waals surface area contributed by atoms with Crippen LogP contribution in [0.4, 0.5) is 11.4 Å². The van der Waals surface area contributed by atoms with E-state index in [1.165, 1.54) is 0 Å². The number of nitrogen functional groups attached to an aromatic ring is 2. The maximum Gasteiger partial charge on any atom is 0.141 e. The van der Waals surface area contributed by atoms with Crippen molar-refractivity contribution in [1.29, 1.82) is 0 Å². The molecule has 0 unspecified atom stereocenters. The first-order valence-corrected chi connectivity index (χ1v) is 6.76. The third-order valence-electron chi connectivity index (χ3n) is 3.90. The van der Waals surface area contributed by atoms with Crippen molar-refractivity contribution in [3.63, 3.8) is 0 Å². The van der Waals surface area contributed by atoms with E-state index in [9.17, 15) is 4.79 Å². The van der Waals surface area contributed by atoms with Gasteiger partial charge in [-0.25, -0.2) is 0 Å². The van der Waals surface area contributed by atoms with Crippen LogP contribution >= 0.6 is 0 Å². The lowest BCUT2D eigenvalue weighted by Crippen LogP contribution is -2.05. The number of anilines is 2. The average molecular weight is 266 g/mol. The number of nitrogens with two attached hydrogens (primary N) is 2. The molecule has 2 aromatic carbocycles. The van der Waals surface area contributed by atoms with Crippen molar-refractivity contribution in [3.8, 4) is 11.1 Å². The smallest absolute Gasteiger partial charge is 0.141 e. The van der Waals surface area contributed by atoms with Crippen LogP contribution in [0.3, 0.4) is 0 Å². The van der Waals surface area contributed by atoms with E-state index >= 15 is 0 Å². The SMILES string of the molecule is Cc1cc(N)cc2c1-c1c(C)cc(N)cc1CC(=O)C2. The molecule has 0 aliphatic heterocycles. The van der Waals surface area contributed by atoms with Gasteiger partial charge in [0.15, 0.2) is 0 Å². The molecule has 102 valence electrons. The molecule has 0 amide bonds. The first-order valence-electron chi connectivity index (χ1n) is 6.76. The van der Waals surface area contributed by atoms with Crippen molar-refractivity contribution in [2.75, 3.05) is 11.5 Å². The summed E-state index contributed by atoms with van der Waals surface area (Å²) in [5.41, 5.74) is 19.9. The number of rotatable bonds is 0. The van der Waals surface area contributed by atoms with Crippen LogP contribution in [0.25, 0.3) is 11.1 Å². The van der Waals surface area contributed by atoms with Crippen molar-refractivity contribution >= 4 is 17.2 Å². The first kappa shape index (κ1) is 12.7. The predicted octanol–water partition coefficient (Wildman–Crippen LogP) is 2.80. The van der Waals surface area contributed by atoms with Crippen molar-refractivity contribution in [3.05, 3.63) is 46.5 Å². The second-order valence-corrected chi connectivity index (χ2v) is 5.64. The van der Waals surface area contributed by atoms with Gasteiger partial charge in [-0.2, -0.15) is 0 Å². The highest BCUT2D eigenvalue weighted by atomic mass is 16.1. The van der Waals surface area contributed by atoms with Gasteiger partial charge < -0.3 is 11.5 Å². The van der Waals surface area contributed by atoms with Crippen LogP contribution in [-0.4, -0.2) is 5.78 Å². The van der Waals surface area contributed by atoms with Crippen LogP contribution in [0.2, 0.25) is 0 Å². The van der Waals surface area contributed by atoms with E-state index in [0.29, 0.717) is 24.2 Å². The Morgan fingerprint density at radius 3 is 1.60 bits per heavy atom. The molecule has 0 saturated heterocycles. The third-order valence-corrected chi connectivity index (χ3v) is 3.90. The zero-order chi connectivity index (χ0) is 14.4. The minimum Gasteiger partial charge on any atom is -0.399 e. The molecule has 2 aromatic rings. The van der Waals surface area contributed by atoms with Gasteiger partial charge >= 0.3 is 0 Å². The lowest BCUT2D eigenvalue weighted by Gasteiger charge is -2.16. The normalized spacial score (nSPS) is 13.6. The van der Waals surface area contributed by atoms with Crippen LogP contribution in [-0.2, 0) is 17.6 Å². The minimum atomic E-state index is 0.208. The molecule has 0 fully saturated rings. The Bertz CT molecular complexity index is 671. The topological polar surface area (TPSA) is 69.1 Å². The summed E-state index contributed by atoms with van der Waals surface area (Å²) in [6, 6.07) is 7.78. The Labute approximate surface area is 118 Å². The second kappa shape index (κ2) is 4.37. The summed E-state index contributed by atoms with van der Waals surface area (Å²) in [7, 11) is 0. The Balaban J connectivity index is 2.40. The molecule has 0 saturated carbocycles. The van der Waals surface area contributed by atoms with Crippen LogP contribution in [0, 0.1) is 13.8 Å². The zero-order valence-corrected chi connectivity index (χ0v) is 11.8. The van der Waals surface area contributed by atoms with Crippen LogP contribution in [0.5, 0.6) is 0 Å². The summed E-state index contributed by atoms with van der Waals surface area (Å²) in [4.78, 5) is 12.2. The third kappa shape index (κ3) is 1.95. The Kier molecular flexibility index (Phi) is 2.78. The number of benzene rings is 2. The Hall–Kier alpha value is -2.29.